The van der Waals surface area contributed by atoms with Crippen LogP contribution in [0.3, 0.4) is 0 Å². The zero-order valence-electron chi connectivity index (χ0n) is 42.4. The maximum absolute atomic E-state index is 2.53. The van der Waals surface area contributed by atoms with Gasteiger partial charge in [-0.2, -0.15) is 0 Å². The Balaban J connectivity index is 0.00000102. The number of rotatable bonds is 6. The fourth-order valence-corrected chi connectivity index (χ4v) is 8.50. The average Bonchev–Trinajstić information content (AvgIpc) is 3.31. The number of para-hydroxylation sites is 4. The van der Waals surface area contributed by atoms with Crippen LogP contribution in [-0.4, -0.2) is 0 Å². The van der Waals surface area contributed by atoms with Crippen LogP contribution in [0.2, 0.25) is 0 Å². The van der Waals surface area contributed by atoms with Crippen molar-refractivity contribution < 1.29 is 0 Å². The predicted molar refractivity (Wildman–Crippen MR) is 285 cm³/mol. The molecule has 0 bridgehead atoms. The molecule has 2 nitrogen and oxygen atoms in total. The van der Waals surface area contributed by atoms with Crippen LogP contribution in [0.1, 0.15) is 128 Å². The lowest BCUT2D eigenvalue weighted by Gasteiger charge is -2.33. The second-order valence-corrected chi connectivity index (χ2v) is 14.2. The van der Waals surface area contributed by atoms with Gasteiger partial charge in [0.05, 0.1) is 34.1 Å². The summed E-state index contributed by atoms with van der Waals surface area (Å²) in [5, 5.41) is 7.65. The minimum absolute atomic E-state index is 1.20. The molecule has 0 radical (unpaired) electrons. The first kappa shape index (κ1) is 52.5. The Morgan fingerprint density at radius 3 is 0.645 bits per heavy atom. The van der Waals surface area contributed by atoms with E-state index in [2.05, 4.69) is 187 Å². The van der Waals surface area contributed by atoms with Crippen molar-refractivity contribution in [2.75, 3.05) is 9.80 Å². The molecule has 0 saturated heterocycles. The van der Waals surface area contributed by atoms with Crippen molar-refractivity contribution in [1.82, 2.24) is 0 Å². The Hall–Kier alpha value is -5.60. The van der Waals surface area contributed by atoms with Crippen molar-refractivity contribution in [2.24, 2.45) is 0 Å². The third-order valence-electron chi connectivity index (χ3n) is 10.8. The highest BCUT2D eigenvalue weighted by atomic mass is 15.2. The van der Waals surface area contributed by atoms with Crippen LogP contribution in [0.4, 0.5) is 34.1 Å². The zero-order valence-corrected chi connectivity index (χ0v) is 42.4. The highest BCUT2D eigenvalue weighted by Crippen LogP contribution is 2.50. The molecule has 0 atom stereocenters. The molecule has 62 heavy (non-hydrogen) atoms. The minimum atomic E-state index is 1.20. The smallest absolute Gasteiger partial charge is 0.0541 e. The van der Waals surface area contributed by atoms with Gasteiger partial charge in [0.2, 0.25) is 0 Å². The van der Waals surface area contributed by atoms with Gasteiger partial charge in [0.15, 0.2) is 0 Å². The van der Waals surface area contributed by atoms with Gasteiger partial charge in [-0.15, -0.1) is 0 Å². The molecule has 2 heteroatoms. The summed E-state index contributed by atoms with van der Waals surface area (Å²) in [5.41, 5.74) is 17.5. The van der Waals surface area contributed by atoms with Crippen LogP contribution in [0.15, 0.2) is 121 Å². The second-order valence-electron chi connectivity index (χ2n) is 14.2. The standard InChI is InChI=1S/C48H44N2.6C2H6/c1-29-13-9-14-30(2)45(29)49(46-31(3)15-10-16-32(46)4)41-27-23-37-22-26-40-42(28-24-38-21-25-39(41)43(37)44(38)40)50(47-33(5)17-11-18-34(47)6)48-35(7)19-12-20-36(48)8;6*1-2/h9-28H,1-8H3;6*1-2H3. The first-order valence-corrected chi connectivity index (χ1v) is 23.7. The fourth-order valence-electron chi connectivity index (χ4n) is 8.50. The van der Waals surface area contributed by atoms with E-state index in [4.69, 9.17) is 0 Å². The molecule has 0 aliphatic rings. The van der Waals surface area contributed by atoms with E-state index in [1.807, 2.05) is 83.1 Å². The molecule has 8 aromatic rings. The maximum atomic E-state index is 2.53. The monoisotopic (exact) mass is 829 g/mol. The molecule has 0 aliphatic carbocycles. The van der Waals surface area contributed by atoms with Crippen molar-refractivity contribution in [3.63, 3.8) is 0 Å². The normalized spacial score (nSPS) is 9.94. The number of benzene rings is 8. The van der Waals surface area contributed by atoms with Gasteiger partial charge in [-0.25, -0.2) is 0 Å². The number of hydrogen-bond acceptors (Lipinski definition) is 2. The number of aryl methyl sites for hydroxylation is 8. The quantitative estimate of drug-likeness (QED) is 0.154. The van der Waals surface area contributed by atoms with E-state index < -0.39 is 0 Å². The Bertz CT molecular complexity index is 2230. The number of anilines is 6. The van der Waals surface area contributed by atoms with Gasteiger partial charge < -0.3 is 9.80 Å². The largest absolute Gasteiger partial charge is 0.309 e. The summed E-state index contributed by atoms with van der Waals surface area (Å²) in [6, 6.07) is 45.2. The van der Waals surface area contributed by atoms with Gasteiger partial charge in [0.25, 0.3) is 0 Å². The van der Waals surface area contributed by atoms with Gasteiger partial charge in [-0.1, -0.05) is 192 Å². The molecule has 0 spiro atoms. The van der Waals surface area contributed by atoms with Gasteiger partial charge >= 0.3 is 0 Å². The van der Waals surface area contributed by atoms with E-state index in [1.165, 1.54) is 111 Å². The summed E-state index contributed by atoms with van der Waals surface area (Å²) in [6.45, 7) is 41.9. The lowest BCUT2D eigenvalue weighted by Crippen LogP contribution is -2.16. The molecule has 8 rings (SSSR count). The van der Waals surface area contributed by atoms with E-state index >= 15 is 0 Å². The van der Waals surface area contributed by atoms with Crippen molar-refractivity contribution in [3.8, 4) is 0 Å². The average molecular weight is 829 g/mol. The van der Waals surface area contributed by atoms with E-state index in [-0.39, 0.29) is 0 Å². The zero-order chi connectivity index (χ0) is 46.8. The van der Waals surface area contributed by atoms with Crippen LogP contribution in [0.25, 0.3) is 32.3 Å². The van der Waals surface area contributed by atoms with Crippen molar-refractivity contribution >= 4 is 66.4 Å². The molecule has 0 saturated carbocycles. The number of hydrogen-bond donors (Lipinski definition) is 0. The second kappa shape index (κ2) is 25.4. The molecule has 0 amide bonds. The summed E-state index contributed by atoms with van der Waals surface area (Å²) in [4.78, 5) is 5.06. The minimum Gasteiger partial charge on any atom is -0.309 e. The Labute approximate surface area is 379 Å². The van der Waals surface area contributed by atoms with Gasteiger partial charge in [-0.3, -0.25) is 0 Å². The molecule has 8 aromatic carbocycles. The molecular formula is C60H80N2. The summed E-state index contributed by atoms with van der Waals surface area (Å²) in [7, 11) is 0. The van der Waals surface area contributed by atoms with E-state index in [9.17, 15) is 0 Å². The summed E-state index contributed by atoms with van der Waals surface area (Å²) in [6.07, 6.45) is 0. The summed E-state index contributed by atoms with van der Waals surface area (Å²) in [5.74, 6) is 0. The van der Waals surface area contributed by atoms with Crippen LogP contribution in [-0.2, 0) is 0 Å². The van der Waals surface area contributed by atoms with Crippen molar-refractivity contribution in [3.05, 3.63) is 166 Å². The molecule has 0 heterocycles. The Morgan fingerprint density at radius 2 is 0.435 bits per heavy atom. The molecule has 0 aromatic heterocycles. The van der Waals surface area contributed by atoms with Crippen LogP contribution < -0.4 is 9.80 Å². The lowest BCUT2D eigenvalue weighted by atomic mass is 9.90. The first-order chi connectivity index (χ1) is 30.2. The van der Waals surface area contributed by atoms with Gasteiger partial charge in [0.1, 0.15) is 0 Å². The third kappa shape index (κ3) is 10.4. The van der Waals surface area contributed by atoms with Gasteiger partial charge in [-0.05, 0) is 134 Å². The topological polar surface area (TPSA) is 6.48 Å². The Morgan fingerprint density at radius 1 is 0.242 bits per heavy atom. The maximum Gasteiger partial charge on any atom is 0.0541 e. The van der Waals surface area contributed by atoms with E-state index in [0.29, 0.717) is 0 Å². The van der Waals surface area contributed by atoms with Crippen LogP contribution in [0, 0.1) is 55.4 Å². The molecule has 0 unspecified atom stereocenters. The molecule has 0 fully saturated rings. The SMILES string of the molecule is CC.CC.CC.CC.CC.CC.Cc1cccc(C)c1N(c1c(C)cccc1C)c1ccc2ccc3c(N(c4c(C)cccc4C)c4c(C)cccc4C)ccc4ccc1c2c43. The lowest BCUT2D eigenvalue weighted by molar-refractivity contribution is 1.19. The number of nitrogens with zero attached hydrogens (tertiary/aromatic N) is 2. The van der Waals surface area contributed by atoms with E-state index in [0.717, 1.165) is 0 Å². The Kier molecular flexibility index (Phi) is 21.5. The van der Waals surface area contributed by atoms with Crippen LogP contribution in [0.5, 0.6) is 0 Å². The van der Waals surface area contributed by atoms with Crippen molar-refractivity contribution in [1.29, 1.82) is 0 Å². The highest BCUT2D eigenvalue weighted by Gasteiger charge is 2.26. The summed E-state index contributed by atoms with van der Waals surface area (Å²) >= 11 is 0. The molecule has 330 valence electrons. The molecule has 0 N–H and O–H groups in total. The fraction of sp³-hybridized carbons (Fsp3) is 0.333. The van der Waals surface area contributed by atoms with Gasteiger partial charge in [0, 0.05) is 10.8 Å². The van der Waals surface area contributed by atoms with Crippen LogP contribution >= 0.6 is 0 Å². The predicted octanol–water partition coefficient (Wildman–Crippen LogP) is 20.1. The highest BCUT2D eigenvalue weighted by molar-refractivity contribution is 6.28. The van der Waals surface area contributed by atoms with Crippen molar-refractivity contribution in [2.45, 2.75) is 138 Å². The summed E-state index contributed by atoms with van der Waals surface area (Å²) < 4.78 is 0. The molecular weight excluding hydrogens is 749 g/mol. The molecule has 0 aliphatic heterocycles. The third-order valence-corrected chi connectivity index (χ3v) is 10.8. The van der Waals surface area contributed by atoms with E-state index in [1.54, 1.807) is 0 Å². The first-order valence-electron chi connectivity index (χ1n) is 23.7.